The van der Waals surface area contributed by atoms with E-state index in [2.05, 4.69) is 30.0 Å². The highest BCUT2D eigenvalue weighted by molar-refractivity contribution is 5.36. The highest BCUT2D eigenvalue weighted by Gasteiger charge is 2.19. The zero-order chi connectivity index (χ0) is 13.0. The highest BCUT2D eigenvalue weighted by Crippen LogP contribution is 2.20. The number of nitrogens with two attached hydrogens (primary N) is 1. The van der Waals surface area contributed by atoms with E-state index in [1.807, 2.05) is 0 Å². The molecule has 4 nitrogen and oxygen atoms in total. The van der Waals surface area contributed by atoms with Gasteiger partial charge in [0.25, 0.3) is 0 Å². The van der Waals surface area contributed by atoms with Crippen LogP contribution in [0.2, 0.25) is 0 Å². The maximum absolute atomic E-state index is 5.65. The van der Waals surface area contributed by atoms with Crippen LogP contribution in [-0.2, 0) is 11.3 Å². The first-order chi connectivity index (χ1) is 8.72. The minimum absolute atomic E-state index is 0.172. The van der Waals surface area contributed by atoms with Gasteiger partial charge in [-0.3, -0.25) is 4.90 Å². The van der Waals surface area contributed by atoms with Crippen molar-refractivity contribution in [1.29, 1.82) is 0 Å². The number of hydrogen-bond acceptors (Lipinski definition) is 4. The zero-order valence-corrected chi connectivity index (χ0v) is 11.2. The van der Waals surface area contributed by atoms with Gasteiger partial charge in [-0.05, 0) is 24.1 Å². The van der Waals surface area contributed by atoms with E-state index in [1.54, 1.807) is 7.11 Å². The van der Waals surface area contributed by atoms with Gasteiger partial charge in [0.2, 0.25) is 0 Å². The van der Waals surface area contributed by atoms with Crippen LogP contribution in [0.1, 0.15) is 11.1 Å². The van der Waals surface area contributed by atoms with Crippen LogP contribution in [0.4, 0.5) is 0 Å². The molecule has 2 N–H and O–H groups in total. The number of benzene rings is 1. The number of ether oxygens (including phenoxy) is 2. The molecule has 1 aliphatic rings. The van der Waals surface area contributed by atoms with Crippen LogP contribution in [0.15, 0.2) is 18.2 Å². The Morgan fingerprint density at radius 1 is 1.50 bits per heavy atom. The molecule has 0 amide bonds. The van der Waals surface area contributed by atoms with Crippen LogP contribution < -0.4 is 10.5 Å². The Morgan fingerprint density at radius 3 is 3.06 bits per heavy atom. The fraction of sp³-hybridized carbons (Fsp3) is 0.571. The van der Waals surface area contributed by atoms with Crippen molar-refractivity contribution in [2.45, 2.75) is 19.6 Å². The van der Waals surface area contributed by atoms with Gasteiger partial charge in [0.1, 0.15) is 5.75 Å². The number of aryl methyl sites for hydroxylation is 1. The van der Waals surface area contributed by atoms with Crippen molar-refractivity contribution >= 4 is 0 Å². The van der Waals surface area contributed by atoms with Gasteiger partial charge in [0.15, 0.2) is 0 Å². The van der Waals surface area contributed by atoms with E-state index in [1.165, 1.54) is 11.1 Å². The molecule has 1 aromatic rings. The molecule has 0 spiro atoms. The van der Waals surface area contributed by atoms with Crippen molar-refractivity contribution in [3.63, 3.8) is 0 Å². The molecule has 1 saturated heterocycles. The predicted molar refractivity (Wildman–Crippen MR) is 71.8 cm³/mol. The van der Waals surface area contributed by atoms with E-state index < -0.39 is 0 Å². The maximum Gasteiger partial charge on any atom is 0.122 e. The van der Waals surface area contributed by atoms with Crippen LogP contribution in [-0.4, -0.2) is 44.4 Å². The predicted octanol–water partition coefficient (Wildman–Crippen LogP) is 1.16. The third-order valence-corrected chi connectivity index (χ3v) is 3.36. The van der Waals surface area contributed by atoms with E-state index in [0.29, 0.717) is 6.54 Å². The lowest BCUT2D eigenvalue weighted by Gasteiger charge is -2.32. The van der Waals surface area contributed by atoms with Gasteiger partial charge in [-0.1, -0.05) is 12.1 Å². The van der Waals surface area contributed by atoms with Gasteiger partial charge in [-0.15, -0.1) is 0 Å². The summed E-state index contributed by atoms with van der Waals surface area (Å²) >= 11 is 0. The summed E-state index contributed by atoms with van der Waals surface area (Å²) in [7, 11) is 1.71. The zero-order valence-electron chi connectivity index (χ0n) is 11.2. The molecular weight excluding hydrogens is 228 g/mol. The lowest BCUT2D eigenvalue weighted by molar-refractivity contribution is -0.0260. The Morgan fingerprint density at radius 2 is 2.33 bits per heavy atom. The molecule has 1 atom stereocenters. The molecule has 1 aliphatic heterocycles. The Labute approximate surface area is 109 Å². The smallest absolute Gasteiger partial charge is 0.122 e. The summed E-state index contributed by atoms with van der Waals surface area (Å²) in [6, 6.07) is 6.38. The number of nitrogens with zero attached hydrogens (tertiary/aromatic N) is 1. The first-order valence-corrected chi connectivity index (χ1v) is 6.40. The van der Waals surface area contributed by atoms with Crippen molar-refractivity contribution in [2.24, 2.45) is 5.73 Å². The van der Waals surface area contributed by atoms with E-state index >= 15 is 0 Å². The molecule has 0 aromatic heterocycles. The number of hydrogen-bond donors (Lipinski definition) is 1. The largest absolute Gasteiger partial charge is 0.496 e. The van der Waals surface area contributed by atoms with Crippen LogP contribution in [0, 0.1) is 6.92 Å². The quantitative estimate of drug-likeness (QED) is 0.871. The molecule has 2 rings (SSSR count). The van der Waals surface area contributed by atoms with Crippen LogP contribution >= 0.6 is 0 Å². The van der Waals surface area contributed by atoms with E-state index in [-0.39, 0.29) is 6.10 Å². The minimum Gasteiger partial charge on any atom is -0.496 e. The van der Waals surface area contributed by atoms with Gasteiger partial charge in [0.05, 0.1) is 19.8 Å². The van der Waals surface area contributed by atoms with Gasteiger partial charge in [0, 0.05) is 26.2 Å². The lowest BCUT2D eigenvalue weighted by atomic mass is 10.1. The van der Waals surface area contributed by atoms with Crippen LogP contribution in [0.25, 0.3) is 0 Å². The average molecular weight is 250 g/mol. The van der Waals surface area contributed by atoms with Crippen LogP contribution in [0.3, 0.4) is 0 Å². The molecular formula is C14H22N2O2. The molecule has 0 bridgehead atoms. The third-order valence-electron chi connectivity index (χ3n) is 3.36. The minimum atomic E-state index is 0.172. The summed E-state index contributed by atoms with van der Waals surface area (Å²) < 4.78 is 10.9. The first kappa shape index (κ1) is 13.3. The molecule has 0 aliphatic carbocycles. The maximum atomic E-state index is 5.65. The second-order valence-electron chi connectivity index (χ2n) is 4.77. The fourth-order valence-electron chi connectivity index (χ4n) is 2.29. The molecule has 0 radical (unpaired) electrons. The van der Waals surface area contributed by atoms with Gasteiger partial charge in [-0.2, -0.15) is 0 Å². The second-order valence-corrected chi connectivity index (χ2v) is 4.77. The second kappa shape index (κ2) is 6.18. The SMILES string of the molecule is COc1cc(CN2CCOC(CN)C2)ccc1C. The molecule has 100 valence electrons. The van der Waals surface area contributed by atoms with Crippen molar-refractivity contribution in [3.8, 4) is 5.75 Å². The molecule has 1 unspecified atom stereocenters. The summed E-state index contributed by atoms with van der Waals surface area (Å²) in [4.78, 5) is 2.38. The monoisotopic (exact) mass is 250 g/mol. The number of rotatable bonds is 4. The standard InChI is InChI=1S/C14H22N2O2/c1-11-3-4-12(7-14(11)17-2)9-16-5-6-18-13(8-15)10-16/h3-4,7,13H,5-6,8-10,15H2,1-2H3. The molecule has 18 heavy (non-hydrogen) atoms. The number of morpholine rings is 1. The molecule has 1 heterocycles. The summed E-state index contributed by atoms with van der Waals surface area (Å²) in [5.74, 6) is 0.955. The fourth-order valence-corrected chi connectivity index (χ4v) is 2.29. The summed E-state index contributed by atoms with van der Waals surface area (Å²) in [6.07, 6.45) is 0.172. The average Bonchev–Trinajstić information content (AvgIpc) is 2.41. The van der Waals surface area contributed by atoms with Gasteiger partial charge in [-0.25, -0.2) is 0 Å². The van der Waals surface area contributed by atoms with Crippen molar-refractivity contribution < 1.29 is 9.47 Å². The topological polar surface area (TPSA) is 47.7 Å². The normalized spacial score (nSPS) is 20.9. The van der Waals surface area contributed by atoms with Crippen LogP contribution in [0.5, 0.6) is 5.75 Å². The van der Waals surface area contributed by atoms with E-state index in [4.69, 9.17) is 15.2 Å². The van der Waals surface area contributed by atoms with Gasteiger partial charge >= 0.3 is 0 Å². The molecule has 1 aromatic carbocycles. The molecule has 0 saturated carbocycles. The Balaban J connectivity index is 2.00. The third kappa shape index (κ3) is 3.22. The van der Waals surface area contributed by atoms with Gasteiger partial charge < -0.3 is 15.2 Å². The lowest BCUT2D eigenvalue weighted by Crippen LogP contribution is -2.45. The number of methoxy groups -OCH3 is 1. The van der Waals surface area contributed by atoms with Crippen molar-refractivity contribution in [2.75, 3.05) is 33.4 Å². The highest BCUT2D eigenvalue weighted by atomic mass is 16.5. The van der Waals surface area contributed by atoms with E-state index in [9.17, 15) is 0 Å². The Bertz CT molecular complexity index is 395. The Hall–Kier alpha value is -1.10. The summed E-state index contributed by atoms with van der Waals surface area (Å²) in [5, 5.41) is 0. The molecule has 4 heteroatoms. The molecule has 1 fully saturated rings. The first-order valence-electron chi connectivity index (χ1n) is 6.40. The van der Waals surface area contributed by atoms with Crippen molar-refractivity contribution in [1.82, 2.24) is 4.90 Å². The van der Waals surface area contributed by atoms with E-state index in [0.717, 1.165) is 32.0 Å². The van der Waals surface area contributed by atoms with Crippen molar-refractivity contribution in [3.05, 3.63) is 29.3 Å². The summed E-state index contributed by atoms with van der Waals surface area (Å²) in [5.41, 5.74) is 8.10. The Kier molecular flexibility index (Phi) is 4.58. The summed E-state index contributed by atoms with van der Waals surface area (Å²) in [6.45, 7) is 6.22.